The summed E-state index contributed by atoms with van der Waals surface area (Å²) < 4.78 is 28.6. The van der Waals surface area contributed by atoms with Gasteiger partial charge in [-0.3, -0.25) is 4.72 Å². The van der Waals surface area contributed by atoms with Gasteiger partial charge in [-0.2, -0.15) is 0 Å². The first kappa shape index (κ1) is 15.3. The number of nitrogens with two attached hydrogens (primary N) is 1. The van der Waals surface area contributed by atoms with Crippen LogP contribution in [0.1, 0.15) is 5.56 Å². The lowest BCUT2D eigenvalue weighted by Crippen LogP contribution is -2.14. The van der Waals surface area contributed by atoms with Gasteiger partial charge >= 0.3 is 0 Å². The Bertz CT molecular complexity index is 741. The molecule has 0 spiro atoms. The summed E-state index contributed by atoms with van der Waals surface area (Å²) >= 11 is 6.64. The number of hydrogen-bond acceptors (Lipinski definition) is 3. The minimum Gasteiger partial charge on any atom is -0.399 e. The zero-order valence-corrected chi connectivity index (χ0v) is 14.5. The normalized spacial score (nSPS) is 11.3. The van der Waals surface area contributed by atoms with Gasteiger partial charge in [0.2, 0.25) is 0 Å². The van der Waals surface area contributed by atoms with Gasteiger partial charge in [0.25, 0.3) is 10.0 Å². The van der Waals surface area contributed by atoms with Gasteiger partial charge in [-0.05, 0) is 74.7 Å². The second-order valence-corrected chi connectivity index (χ2v) is 7.61. The number of halogens is 2. The van der Waals surface area contributed by atoms with Crippen LogP contribution in [0.2, 0.25) is 0 Å². The monoisotopic (exact) mass is 418 g/mol. The lowest BCUT2D eigenvalue weighted by atomic mass is 10.2. The summed E-state index contributed by atoms with van der Waals surface area (Å²) in [4.78, 5) is 0.173. The maximum atomic E-state index is 12.4. The maximum Gasteiger partial charge on any atom is 0.261 e. The molecule has 0 saturated carbocycles. The molecular weight excluding hydrogens is 408 g/mol. The molecule has 0 amide bonds. The Balaban J connectivity index is 2.43. The van der Waals surface area contributed by atoms with Crippen LogP contribution in [0.5, 0.6) is 0 Å². The highest BCUT2D eigenvalue weighted by Gasteiger charge is 2.17. The highest BCUT2D eigenvalue weighted by atomic mass is 79.9. The molecule has 7 heteroatoms. The van der Waals surface area contributed by atoms with Crippen molar-refractivity contribution >= 4 is 53.3 Å². The Morgan fingerprint density at radius 3 is 2.25 bits per heavy atom. The van der Waals surface area contributed by atoms with Gasteiger partial charge in [0.15, 0.2) is 0 Å². The molecule has 0 aromatic heterocycles. The van der Waals surface area contributed by atoms with Gasteiger partial charge in [-0.25, -0.2) is 8.42 Å². The van der Waals surface area contributed by atoms with E-state index in [4.69, 9.17) is 5.73 Å². The quantitative estimate of drug-likeness (QED) is 0.741. The van der Waals surface area contributed by atoms with Crippen molar-refractivity contribution in [2.24, 2.45) is 0 Å². The van der Waals surface area contributed by atoms with Crippen LogP contribution < -0.4 is 10.5 Å². The SMILES string of the molecule is Cc1cc(S(=O)(=O)Nc2c(Br)cccc2Br)ccc1N. The van der Waals surface area contributed by atoms with E-state index in [0.717, 1.165) is 5.56 Å². The minimum atomic E-state index is -3.66. The Morgan fingerprint density at radius 2 is 1.70 bits per heavy atom. The average Bonchev–Trinajstić information content (AvgIpc) is 2.37. The van der Waals surface area contributed by atoms with Gasteiger partial charge in [0.05, 0.1) is 10.6 Å². The van der Waals surface area contributed by atoms with E-state index in [1.54, 1.807) is 37.3 Å². The van der Waals surface area contributed by atoms with E-state index in [9.17, 15) is 8.42 Å². The molecule has 20 heavy (non-hydrogen) atoms. The van der Waals surface area contributed by atoms with Gasteiger partial charge in [0.1, 0.15) is 0 Å². The van der Waals surface area contributed by atoms with Crippen molar-refractivity contribution in [2.45, 2.75) is 11.8 Å². The fraction of sp³-hybridized carbons (Fsp3) is 0.0769. The van der Waals surface area contributed by atoms with E-state index < -0.39 is 10.0 Å². The van der Waals surface area contributed by atoms with Crippen LogP contribution in [0, 0.1) is 6.92 Å². The summed E-state index contributed by atoms with van der Waals surface area (Å²) in [5.74, 6) is 0. The van der Waals surface area contributed by atoms with Crippen LogP contribution in [0.15, 0.2) is 50.2 Å². The van der Waals surface area contributed by atoms with Crippen molar-refractivity contribution in [3.05, 3.63) is 50.9 Å². The number of anilines is 2. The Kier molecular flexibility index (Phi) is 4.41. The van der Waals surface area contributed by atoms with Crippen molar-refractivity contribution < 1.29 is 8.42 Å². The summed E-state index contributed by atoms with van der Waals surface area (Å²) in [7, 11) is -3.66. The van der Waals surface area contributed by atoms with Crippen LogP contribution in [0.25, 0.3) is 0 Å². The van der Waals surface area contributed by atoms with Crippen molar-refractivity contribution in [1.29, 1.82) is 0 Å². The minimum absolute atomic E-state index is 0.173. The van der Waals surface area contributed by atoms with Crippen LogP contribution >= 0.6 is 31.9 Å². The van der Waals surface area contributed by atoms with Crippen molar-refractivity contribution in [3.8, 4) is 0 Å². The lowest BCUT2D eigenvalue weighted by Gasteiger charge is -2.12. The smallest absolute Gasteiger partial charge is 0.261 e. The lowest BCUT2D eigenvalue weighted by molar-refractivity contribution is 0.601. The molecule has 0 aliphatic heterocycles. The van der Waals surface area contributed by atoms with Crippen LogP contribution in [0.4, 0.5) is 11.4 Å². The zero-order chi connectivity index (χ0) is 14.9. The van der Waals surface area contributed by atoms with Crippen LogP contribution in [-0.2, 0) is 10.0 Å². The first-order valence-electron chi connectivity index (χ1n) is 5.64. The fourth-order valence-corrected chi connectivity index (χ4v) is 4.25. The number of aryl methyl sites for hydroxylation is 1. The standard InChI is InChI=1S/C13H12Br2N2O2S/c1-8-7-9(5-6-12(8)16)20(18,19)17-13-10(14)3-2-4-11(13)15/h2-7,17H,16H2,1H3. The summed E-state index contributed by atoms with van der Waals surface area (Å²) in [5.41, 5.74) is 7.45. The average molecular weight is 420 g/mol. The molecule has 2 aromatic rings. The highest BCUT2D eigenvalue weighted by molar-refractivity contribution is 9.11. The van der Waals surface area contributed by atoms with Crippen LogP contribution in [0.3, 0.4) is 0 Å². The highest BCUT2D eigenvalue weighted by Crippen LogP contribution is 2.32. The molecule has 0 radical (unpaired) electrons. The van der Waals surface area contributed by atoms with Crippen LogP contribution in [-0.4, -0.2) is 8.42 Å². The third-order valence-electron chi connectivity index (χ3n) is 2.75. The summed E-state index contributed by atoms with van der Waals surface area (Å²) in [6.07, 6.45) is 0. The first-order valence-corrected chi connectivity index (χ1v) is 8.71. The number of nitrogens with one attached hydrogen (secondary N) is 1. The second-order valence-electron chi connectivity index (χ2n) is 4.22. The molecule has 0 atom stereocenters. The molecule has 0 bridgehead atoms. The van der Waals surface area contributed by atoms with E-state index >= 15 is 0 Å². The van der Waals surface area contributed by atoms with E-state index in [2.05, 4.69) is 36.6 Å². The molecule has 106 valence electrons. The number of benzene rings is 2. The molecule has 3 N–H and O–H groups in total. The van der Waals surface area contributed by atoms with Gasteiger partial charge < -0.3 is 5.73 Å². The molecule has 2 rings (SSSR count). The van der Waals surface area contributed by atoms with Gasteiger partial charge in [-0.1, -0.05) is 6.07 Å². The molecule has 0 fully saturated rings. The number of rotatable bonds is 3. The maximum absolute atomic E-state index is 12.4. The summed E-state index contributed by atoms with van der Waals surface area (Å²) in [6, 6.07) is 9.93. The molecule has 0 aliphatic rings. The predicted octanol–water partition coefficient (Wildman–Crippen LogP) is 3.90. The Labute approximate surface area is 134 Å². The molecule has 0 unspecified atom stereocenters. The first-order chi connectivity index (χ1) is 9.31. The molecule has 0 aliphatic carbocycles. The van der Waals surface area contributed by atoms with Crippen molar-refractivity contribution in [1.82, 2.24) is 0 Å². The molecular formula is C13H12Br2N2O2S. The number of nitrogen functional groups attached to an aromatic ring is 1. The molecule has 0 saturated heterocycles. The van der Waals surface area contributed by atoms with E-state index in [-0.39, 0.29) is 4.90 Å². The number of hydrogen-bond donors (Lipinski definition) is 2. The molecule has 4 nitrogen and oxygen atoms in total. The van der Waals surface area contributed by atoms with E-state index in [1.807, 2.05) is 0 Å². The third-order valence-corrected chi connectivity index (χ3v) is 5.42. The molecule has 2 aromatic carbocycles. The van der Waals surface area contributed by atoms with Crippen molar-refractivity contribution in [2.75, 3.05) is 10.5 Å². The van der Waals surface area contributed by atoms with Gasteiger partial charge in [-0.15, -0.1) is 0 Å². The largest absolute Gasteiger partial charge is 0.399 e. The Morgan fingerprint density at radius 1 is 1.10 bits per heavy atom. The fourth-order valence-electron chi connectivity index (χ4n) is 1.60. The Hall–Kier alpha value is -1.05. The summed E-state index contributed by atoms with van der Waals surface area (Å²) in [5, 5.41) is 0. The number of para-hydroxylation sites is 1. The topological polar surface area (TPSA) is 72.2 Å². The van der Waals surface area contributed by atoms with E-state index in [0.29, 0.717) is 20.3 Å². The molecule has 0 heterocycles. The third kappa shape index (κ3) is 3.16. The number of sulfonamides is 1. The predicted molar refractivity (Wildman–Crippen MR) is 88.2 cm³/mol. The zero-order valence-electron chi connectivity index (χ0n) is 10.5. The summed E-state index contributed by atoms with van der Waals surface area (Å²) in [6.45, 7) is 1.77. The van der Waals surface area contributed by atoms with Crippen molar-refractivity contribution in [3.63, 3.8) is 0 Å². The van der Waals surface area contributed by atoms with Gasteiger partial charge in [0, 0.05) is 14.6 Å². The van der Waals surface area contributed by atoms with E-state index in [1.165, 1.54) is 6.07 Å². The second kappa shape index (κ2) is 5.75.